The van der Waals surface area contributed by atoms with Crippen molar-refractivity contribution in [2.24, 2.45) is 0 Å². The van der Waals surface area contributed by atoms with E-state index in [4.69, 9.17) is 9.47 Å². The largest absolute Gasteiger partial charge is 0.476 e. The fraction of sp³-hybridized carbons (Fsp3) is 0.421. The van der Waals surface area contributed by atoms with Crippen LogP contribution in [0, 0.1) is 5.82 Å². The van der Waals surface area contributed by atoms with E-state index in [0.717, 1.165) is 22.8 Å². The zero-order valence-corrected chi connectivity index (χ0v) is 17.1. The van der Waals surface area contributed by atoms with Gasteiger partial charge in [-0.2, -0.15) is 0 Å². The van der Waals surface area contributed by atoms with E-state index in [1.165, 1.54) is 23.9 Å². The molecule has 0 fully saturated rings. The van der Waals surface area contributed by atoms with Crippen molar-refractivity contribution in [3.63, 3.8) is 0 Å². The molecule has 0 aliphatic rings. The predicted molar refractivity (Wildman–Crippen MR) is 106 cm³/mol. The lowest BCUT2D eigenvalue weighted by Gasteiger charge is -2.10. The normalized spacial score (nSPS) is 11.1. The molecular weight excluding hydrogens is 381 g/mol. The molecule has 0 atom stereocenters. The lowest BCUT2D eigenvalue weighted by molar-refractivity contribution is 0.185. The number of benzene rings is 1. The van der Waals surface area contributed by atoms with Crippen LogP contribution in [0.3, 0.4) is 0 Å². The summed E-state index contributed by atoms with van der Waals surface area (Å²) in [5, 5.41) is 13.9. The number of ether oxygens (including phenoxy) is 2. The van der Waals surface area contributed by atoms with Gasteiger partial charge in [0.2, 0.25) is 5.88 Å². The highest BCUT2D eigenvalue weighted by molar-refractivity contribution is 7.98. The predicted octanol–water partition coefficient (Wildman–Crippen LogP) is 3.64. The Morgan fingerprint density at radius 1 is 1.21 bits per heavy atom. The van der Waals surface area contributed by atoms with E-state index < -0.39 is 0 Å². The highest BCUT2D eigenvalue weighted by Crippen LogP contribution is 2.31. The maximum atomic E-state index is 13.4. The van der Waals surface area contributed by atoms with Crippen molar-refractivity contribution in [2.45, 2.75) is 37.8 Å². The fourth-order valence-electron chi connectivity index (χ4n) is 2.72. The van der Waals surface area contributed by atoms with Crippen molar-refractivity contribution in [3.05, 3.63) is 41.8 Å². The van der Waals surface area contributed by atoms with Gasteiger partial charge in [-0.25, -0.2) is 4.39 Å². The first kappa shape index (κ1) is 20.3. The molecule has 150 valence electrons. The van der Waals surface area contributed by atoms with Crippen LogP contribution in [0.5, 0.6) is 5.88 Å². The Balaban J connectivity index is 1.91. The average Bonchev–Trinajstić information content (AvgIpc) is 3.28. The molecular formula is C19H24FN5O2S. The van der Waals surface area contributed by atoms with Crippen molar-refractivity contribution >= 4 is 11.8 Å². The van der Waals surface area contributed by atoms with E-state index in [2.05, 4.69) is 15.3 Å². The number of nitrogens with zero attached hydrogens (tertiary/aromatic N) is 5. The van der Waals surface area contributed by atoms with Gasteiger partial charge >= 0.3 is 0 Å². The zero-order valence-electron chi connectivity index (χ0n) is 16.3. The standard InChI is InChI=1S/C19H24FN5O2S/c1-4-24-12-16(18(23-24)27-5-2)17-21-22-19(25(17)9-10-26-3)28-13-14-7-6-8-15(20)11-14/h6-8,11-12H,4-5,9-10,13H2,1-3H3. The highest BCUT2D eigenvalue weighted by Gasteiger charge is 2.21. The lowest BCUT2D eigenvalue weighted by atomic mass is 10.2. The van der Waals surface area contributed by atoms with Crippen molar-refractivity contribution in [1.82, 2.24) is 24.5 Å². The number of aromatic nitrogens is 5. The van der Waals surface area contributed by atoms with Crippen molar-refractivity contribution in [1.29, 1.82) is 0 Å². The zero-order chi connectivity index (χ0) is 19.9. The Morgan fingerprint density at radius 3 is 2.79 bits per heavy atom. The molecule has 28 heavy (non-hydrogen) atoms. The van der Waals surface area contributed by atoms with Gasteiger partial charge in [-0.1, -0.05) is 23.9 Å². The Hall–Kier alpha value is -2.39. The van der Waals surface area contributed by atoms with Gasteiger partial charge in [0.05, 0.1) is 19.8 Å². The fourth-order valence-corrected chi connectivity index (χ4v) is 3.62. The molecule has 0 spiro atoms. The van der Waals surface area contributed by atoms with Crippen LogP contribution in [0.25, 0.3) is 11.4 Å². The summed E-state index contributed by atoms with van der Waals surface area (Å²) in [4.78, 5) is 0. The van der Waals surface area contributed by atoms with Gasteiger partial charge in [-0.05, 0) is 31.5 Å². The number of hydrogen-bond donors (Lipinski definition) is 0. The minimum absolute atomic E-state index is 0.243. The summed E-state index contributed by atoms with van der Waals surface area (Å²) in [5.74, 6) is 1.57. The SMILES string of the molecule is CCOc1nn(CC)cc1-c1nnc(SCc2cccc(F)c2)n1CCOC. The maximum Gasteiger partial charge on any atom is 0.243 e. The molecule has 0 saturated heterocycles. The van der Waals surface area contributed by atoms with Gasteiger partial charge in [-0.3, -0.25) is 9.25 Å². The van der Waals surface area contributed by atoms with E-state index in [1.807, 2.05) is 35.4 Å². The molecule has 3 rings (SSSR count). The topological polar surface area (TPSA) is 67.0 Å². The van der Waals surface area contributed by atoms with Gasteiger partial charge in [0.25, 0.3) is 0 Å². The summed E-state index contributed by atoms with van der Waals surface area (Å²) in [6.45, 7) is 6.29. The van der Waals surface area contributed by atoms with E-state index in [0.29, 0.717) is 37.2 Å². The number of hydrogen-bond acceptors (Lipinski definition) is 6. The van der Waals surface area contributed by atoms with Gasteiger partial charge in [0.1, 0.15) is 11.4 Å². The maximum absolute atomic E-state index is 13.4. The third-order valence-electron chi connectivity index (χ3n) is 4.07. The van der Waals surface area contributed by atoms with Gasteiger partial charge in [-0.15, -0.1) is 15.3 Å². The molecule has 7 nitrogen and oxygen atoms in total. The molecule has 2 heterocycles. The molecule has 0 amide bonds. The molecule has 9 heteroatoms. The second-order valence-corrected chi connectivity index (χ2v) is 6.95. The summed E-state index contributed by atoms with van der Waals surface area (Å²) in [5.41, 5.74) is 1.69. The van der Waals surface area contributed by atoms with Gasteiger partial charge < -0.3 is 9.47 Å². The Kier molecular flexibility index (Phi) is 7.05. The first-order valence-corrected chi connectivity index (χ1v) is 10.1. The van der Waals surface area contributed by atoms with Gasteiger partial charge in [0, 0.05) is 25.6 Å². The molecule has 0 aliphatic heterocycles. The smallest absolute Gasteiger partial charge is 0.243 e. The Labute approximate surface area is 167 Å². The summed E-state index contributed by atoms with van der Waals surface area (Å²) in [7, 11) is 1.66. The molecule has 0 N–H and O–H groups in total. The first-order valence-electron chi connectivity index (χ1n) is 9.16. The molecule has 0 radical (unpaired) electrons. The van der Waals surface area contributed by atoms with Crippen LogP contribution in [-0.2, 0) is 23.6 Å². The third kappa shape index (κ3) is 4.71. The first-order chi connectivity index (χ1) is 13.7. The summed E-state index contributed by atoms with van der Waals surface area (Å²) in [6.07, 6.45) is 1.92. The summed E-state index contributed by atoms with van der Waals surface area (Å²) >= 11 is 1.51. The van der Waals surface area contributed by atoms with Gasteiger partial charge in [0.15, 0.2) is 11.0 Å². The van der Waals surface area contributed by atoms with Crippen LogP contribution in [0.2, 0.25) is 0 Å². The molecule has 0 saturated carbocycles. The Bertz CT molecular complexity index is 912. The monoisotopic (exact) mass is 405 g/mol. The Morgan fingerprint density at radius 2 is 2.07 bits per heavy atom. The number of thioether (sulfide) groups is 1. The molecule has 0 unspecified atom stereocenters. The lowest BCUT2D eigenvalue weighted by Crippen LogP contribution is -2.08. The van der Waals surface area contributed by atoms with E-state index in [-0.39, 0.29) is 5.82 Å². The van der Waals surface area contributed by atoms with Crippen LogP contribution in [0.4, 0.5) is 4.39 Å². The van der Waals surface area contributed by atoms with Crippen LogP contribution in [-0.4, -0.2) is 44.9 Å². The number of halogens is 1. The summed E-state index contributed by atoms with van der Waals surface area (Å²) in [6, 6.07) is 6.57. The van der Waals surface area contributed by atoms with Crippen LogP contribution in [0.15, 0.2) is 35.6 Å². The van der Waals surface area contributed by atoms with Crippen LogP contribution >= 0.6 is 11.8 Å². The summed E-state index contributed by atoms with van der Waals surface area (Å²) < 4.78 is 28.2. The van der Waals surface area contributed by atoms with E-state index in [9.17, 15) is 4.39 Å². The minimum atomic E-state index is -0.243. The highest BCUT2D eigenvalue weighted by atomic mass is 32.2. The van der Waals surface area contributed by atoms with Crippen molar-refractivity contribution in [2.75, 3.05) is 20.3 Å². The van der Waals surface area contributed by atoms with Crippen LogP contribution in [0.1, 0.15) is 19.4 Å². The number of aryl methyl sites for hydroxylation is 1. The van der Waals surface area contributed by atoms with Crippen LogP contribution < -0.4 is 4.74 Å². The molecule has 3 aromatic rings. The average molecular weight is 405 g/mol. The molecule has 2 aromatic heterocycles. The van der Waals surface area contributed by atoms with Crippen molar-refractivity contribution < 1.29 is 13.9 Å². The second-order valence-electron chi connectivity index (χ2n) is 6.01. The van der Waals surface area contributed by atoms with Crippen molar-refractivity contribution in [3.8, 4) is 17.3 Å². The molecule has 0 aliphatic carbocycles. The number of rotatable bonds is 10. The third-order valence-corrected chi connectivity index (χ3v) is 5.10. The quantitative estimate of drug-likeness (QED) is 0.480. The molecule has 0 bridgehead atoms. The van der Waals surface area contributed by atoms with E-state index in [1.54, 1.807) is 13.2 Å². The minimum Gasteiger partial charge on any atom is -0.476 e. The second kappa shape index (κ2) is 9.70. The molecule has 1 aromatic carbocycles. The number of methoxy groups -OCH3 is 1. The van der Waals surface area contributed by atoms with E-state index >= 15 is 0 Å².